The monoisotopic (exact) mass is 331 g/mol. The lowest BCUT2D eigenvalue weighted by Crippen LogP contribution is -2.44. The molecule has 0 saturated carbocycles. The molecule has 118 valence electrons. The fourth-order valence-electron chi connectivity index (χ4n) is 1.93. The molecule has 1 atom stereocenters. The zero-order valence-electron chi connectivity index (χ0n) is 12.7. The number of benzene rings is 1. The van der Waals surface area contributed by atoms with Crippen LogP contribution in [0.15, 0.2) is 23.2 Å². The summed E-state index contributed by atoms with van der Waals surface area (Å²) in [5, 5.41) is 7.92. The SMILES string of the molecule is CN=C(NCCCc1ccc(Cl)cc1Cl)NC(C)COC. The van der Waals surface area contributed by atoms with Crippen molar-refractivity contribution in [3.63, 3.8) is 0 Å². The molecule has 0 aliphatic heterocycles. The molecule has 1 unspecified atom stereocenters. The molecule has 1 aromatic rings. The van der Waals surface area contributed by atoms with Crippen LogP contribution >= 0.6 is 23.2 Å². The van der Waals surface area contributed by atoms with Gasteiger partial charge in [-0.3, -0.25) is 4.99 Å². The van der Waals surface area contributed by atoms with Crippen LogP contribution < -0.4 is 10.6 Å². The fourth-order valence-corrected chi connectivity index (χ4v) is 2.43. The number of rotatable bonds is 7. The van der Waals surface area contributed by atoms with Gasteiger partial charge in [-0.15, -0.1) is 0 Å². The Morgan fingerprint density at radius 1 is 1.38 bits per heavy atom. The molecule has 1 aromatic carbocycles. The Morgan fingerprint density at radius 3 is 2.76 bits per heavy atom. The van der Waals surface area contributed by atoms with Crippen molar-refractivity contribution in [2.75, 3.05) is 27.3 Å². The lowest BCUT2D eigenvalue weighted by atomic mass is 10.1. The van der Waals surface area contributed by atoms with E-state index in [1.54, 1.807) is 20.2 Å². The summed E-state index contributed by atoms with van der Waals surface area (Å²) >= 11 is 12.0. The van der Waals surface area contributed by atoms with Gasteiger partial charge < -0.3 is 15.4 Å². The number of aliphatic imine (C=N–C) groups is 1. The van der Waals surface area contributed by atoms with Gasteiger partial charge >= 0.3 is 0 Å². The standard InChI is InChI=1S/C15H23Cl2N3O/c1-11(10-21-3)20-15(18-2)19-8-4-5-12-6-7-13(16)9-14(12)17/h6-7,9,11H,4-5,8,10H2,1-3H3,(H2,18,19,20). The van der Waals surface area contributed by atoms with Crippen molar-refractivity contribution in [3.8, 4) is 0 Å². The number of halogens is 2. The van der Waals surface area contributed by atoms with E-state index >= 15 is 0 Å². The molecule has 0 radical (unpaired) electrons. The highest BCUT2D eigenvalue weighted by atomic mass is 35.5. The predicted octanol–water partition coefficient (Wildman–Crippen LogP) is 3.13. The van der Waals surface area contributed by atoms with Crippen LogP contribution in [0.5, 0.6) is 0 Å². The van der Waals surface area contributed by atoms with Crippen molar-refractivity contribution >= 4 is 29.2 Å². The summed E-state index contributed by atoms with van der Waals surface area (Å²) < 4.78 is 5.08. The molecule has 0 aliphatic rings. The van der Waals surface area contributed by atoms with E-state index < -0.39 is 0 Å². The second kappa shape index (κ2) is 9.87. The third kappa shape index (κ3) is 7.02. The van der Waals surface area contributed by atoms with Gasteiger partial charge in [-0.05, 0) is 37.5 Å². The van der Waals surface area contributed by atoms with E-state index in [1.807, 2.05) is 19.1 Å². The maximum atomic E-state index is 6.15. The normalized spacial score (nSPS) is 13.1. The fraction of sp³-hybridized carbons (Fsp3) is 0.533. The summed E-state index contributed by atoms with van der Waals surface area (Å²) in [5.74, 6) is 0.779. The molecule has 0 fully saturated rings. The molecule has 1 rings (SSSR count). The number of hydrogen-bond donors (Lipinski definition) is 2. The first-order valence-corrected chi connectivity index (χ1v) is 7.72. The van der Waals surface area contributed by atoms with Gasteiger partial charge in [0.1, 0.15) is 0 Å². The summed E-state index contributed by atoms with van der Waals surface area (Å²) in [6.07, 6.45) is 1.86. The molecule has 0 heterocycles. The Labute approximate surface area is 136 Å². The quantitative estimate of drug-likeness (QED) is 0.458. The molecule has 0 spiro atoms. The highest BCUT2D eigenvalue weighted by molar-refractivity contribution is 6.35. The first-order chi connectivity index (χ1) is 10.1. The maximum absolute atomic E-state index is 6.15. The Hall–Kier alpha value is -0.970. The van der Waals surface area contributed by atoms with E-state index in [0.29, 0.717) is 11.6 Å². The minimum Gasteiger partial charge on any atom is -0.383 e. The maximum Gasteiger partial charge on any atom is 0.191 e. The van der Waals surface area contributed by atoms with E-state index in [1.165, 1.54) is 0 Å². The molecule has 0 aromatic heterocycles. The van der Waals surface area contributed by atoms with Crippen molar-refractivity contribution in [3.05, 3.63) is 33.8 Å². The zero-order chi connectivity index (χ0) is 15.7. The summed E-state index contributed by atoms with van der Waals surface area (Å²) in [6, 6.07) is 5.83. The number of hydrogen-bond acceptors (Lipinski definition) is 2. The average molecular weight is 332 g/mol. The summed E-state index contributed by atoms with van der Waals surface area (Å²) in [4.78, 5) is 4.18. The van der Waals surface area contributed by atoms with Gasteiger partial charge in [-0.1, -0.05) is 29.3 Å². The largest absolute Gasteiger partial charge is 0.383 e. The summed E-state index contributed by atoms with van der Waals surface area (Å²) in [7, 11) is 3.44. The lowest BCUT2D eigenvalue weighted by Gasteiger charge is -2.17. The molecule has 0 aliphatic carbocycles. The van der Waals surface area contributed by atoms with Crippen LogP contribution in [0.25, 0.3) is 0 Å². The Morgan fingerprint density at radius 2 is 2.14 bits per heavy atom. The third-order valence-electron chi connectivity index (χ3n) is 2.95. The van der Waals surface area contributed by atoms with E-state index in [-0.39, 0.29) is 6.04 Å². The third-order valence-corrected chi connectivity index (χ3v) is 3.54. The van der Waals surface area contributed by atoms with Crippen LogP contribution in [0.1, 0.15) is 18.9 Å². The first kappa shape index (κ1) is 18.1. The van der Waals surface area contributed by atoms with Gasteiger partial charge in [0.25, 0.3) is 0 Å². The Bertz CT molecular complexity index is 466. The van der Waals surface area contributed by atoms with Crippen LogP contribution in [-0.2, 0) is 11.2 Å². The van der Waals surface area contributed by atoms with Crippen molar-refractivity contribution in [2.45, 2.75) is 25.8 Å². The number of guanidine groups is 1. The molecule has 0 amide bonds. The molecular formula is C15H23Cl2N3O. The molecule has 2 N–H and O–H groups in total. The van der Waals surface area contributed by atoms with Crippen molar-refractivity contribution < 1.29 is 4.74 Å². The van der Waals surface area contributed by atoms with Crippen LogP contribution in [0.2, 0.25) is 10.0 Å². The van der Waals surface area contributed by atoms with Gasteiger partial charge in [-0.2, -0.15) is 0 Å². The van der Waals surface area contributed by atoms with Crippen LogP contribution in [0.4, 0.5) is 0 Å². The van der Waals surface area contributed by atoms with Crippen LogP contribution in [0.3, 0.4) is 0 Å². The minimum absolute atomic E-state index is 0.215. The van der Waals surface area contributed by atoms with E-state index in [4.69, 9.17) is 27.9 Å². The van der Waals surface area contributed by atoms with Crippen LogP contribution in [-0.4, -0.2) is 39.3 Å². The zero-order valence-corrected chi connectivity index (χ0v) is 14.3. The van der Waals surface area contributed by atoms with E-state index in [0.717, 1.165) is 35.9 Å². The Kier molecular flexibility index (Phi) is 8.50. The number of nitrogens with one attached hydrogen (secondary N) is 2. The van der Waals surface area contributed by atoms with Gasteiger partial charge in [-0.25, -0.2) is 0 Å². The molecule has 6 heteroatoms. The van der Waals surface area contributed by atoms with Gasteiger partial charge in [0.15, 0.2) is 5.96 Å². The molecule has 4 nitrogen and oxygen atoms in total. The summed E-state index contributed by atoms with van der Waals surface area (Å²) in [5.41, 5.74) is 1.11. The minimum atomic E-state index is 0.215. The molecule has 0 saturated heterocycles. The van der Waals surface area contributed by atoms with E-state index in [2.05, 4.69) is 15.6 Å². The number of ether oxygens (including phenoxy) is 1. The number of nitrogens with zero attached hydrogens (tertiary/aromatic N) is 1. The smallest absolute Gasteiger partial charge is 0.191 e. The Balaban J connectivity index is 2.32. The van der Waals surface area contributed by atoms with Crippen molar-refractivity contribution in [2.24, 2.45) is 4.99 Å². The summed E-state index contributed by atoms with van der Waals surface area (Å²) in [6.45, 7) is 3.50. The van der Waals surface area contributed by atoms with E-state index in [9.17, 15) is 0 Å². The van der Waals surface area contributed by atoms with Crippen molar-refractivity contribution in [1.29, 1.82) is 0 Å². The van der Waals surface area contributed by atoms with Crippen LogP contribution in [0, 0.1) is 0 Å². The number of methoxy groups -OCH3 is 1. The molecule has 21 heavy (non-hydrogen) atoms. The lowest BCUT2D eigenvalue weighted by molar-refractivity contribution is 0.179. The average Bonchev–Trinajstić information content (AvgIpc) is 2.44. The highest BCUT2D eigenvalue weighted by Gasteiger charge is 2.05. The van der Waals surface area contributed by atoms with Gasteiger partial charge in [0.05, 0.1) is 6.61 Å². The van der Waals surface area contributed by atoms with Gasteiger partial charge in [0.2, 0.25) is 0 Å². The predicted molar refractivity (Wildman–Crippen MR) is 90.6 cm³/mol. The molecular weight excluding hydrogens is 309 g/mol. The molecule has 0 bridgehead atoms. The second-order valence-corrected chi connectivity index (χ2v) is 5.68. The van der Waals surface area contributed by atoms with Gasteiger partial charge in [0, 0.05) is 36.8 Å². The first-order valence-electron chi connectivity index (χ1n) is 6.97. The van der Waals surface area contributed by atoms with Crippen molar-refractivity contribution in [1.82, 2.24) is 10.6 Å². The second-order valence-electron chi connectivity index (χ2n) is 4.84. The number of aryl methyl sites for hydroxylation is 1. The topological polar surface area (TPSA) is 45.7 Å². The highest BCUT2D eigenvalue weighted by Crippen LogP contribution is 2.21.